The van der Waals surface area contributed by atoms with Gasteiger partial charge in [-0.15, -0.1) is 39.0 Å². The van der Waals surface area contributed by atoms with Gasteiger partial charge in [-0.1, -0.05) is 65.2 Å². The topological polar surface area (TPSA) is 96.4 Å². The van der Waals surface area contributed by atoms with E-state index in [1.54, 1.807) is 32.9 Å². The van der Waals surface area contributed by atoms with Crippen molar-refractivity contribution < 1.29 is 184 Å². The van der Waals surface area contributed by atoms with E-state index >= 15 is 0 Å². The summed E-state index contributed by atoms with van der Waals surface area (Å²) in [6, 6.07) is 22.8. The van der Waals surface area contributed by atoms with E-state index in [1.165, 1.54) is 0 Å². The van der Waals surface area contributed by atoms with Crippen LogP contribution in [0.25, 0.3) is 0 Å². The number of nitrogens with zero attached hydrogens (tertiary/aromatic N) is 2. The molecule has 6 rings (SSSR count). The van der Waals surface area contributed by atoms with E-state index in [0.29, 0.717) is 25.4 Å². The van der Waals surface area contributed by atoms with Gasteiger partial charge in [0.2, 0.25) is 0 Å². The standard InChI is InChI=1S/C17H23NO2.C16H20O2.C11H12O2.C6H12BrN.C6H12.Na.4U.H/c1-4-18(5-2)12-13-20-16-8-6-15(7-9-16)17(10-11-17)14(3)19;1-4-14(5-2)18-15-8-6-13(7-9-15)16(10-11-16)12(3)17;1-8(12)11(6-7-11)9-2-4-10(13)5-3-9;1-3-8(4-2)6-5-7;1-4-6(3)5-2;;;;;;/h6-9H,1-2,4-5,10-13H2,3H3;6-9,14H,1-2,4-5,10-11H2,3H3;2-5,13H,6-7H2,1H3;1-6H2;6H,1-2,4-5H2,3H3;;;;;;/q2*-2;;2*-2;+1;4*+2;-1. The maximum Gasteiger partial charge on any atom is 2.00 e. The molecular weight excluding hydrogens is 1850 g/mol. The van der Waals surface area contributed by atoms with Gasteiger partial charge in [-0.2, -0.15) is 12.8 Å². The number of rotatable bonds is 22. The third kappa shape index (κ3) is 26.4. The number of hydrogen-bond donors (Lipinski definition) is 1. The molecule has 0 atom stereocenters. The number of hydrogen-bond acceptors (Lipinski definition) is 8. The zero-order chi connectivity index (χ0) is 48.6. The molecule has 70 heavy (non-hydrogen) atoms. The van der Waals surface area contributed by atoms with Gasteiger partial charge in [-0.25, -0.2) is 0 Å². The summed E-state index contributed by atoms with van der Waals surface area (Å²) in [5.41, 5.74) is 2.66. The summed E-state index contributed by atoms with van der Waals surface area (Å²) in [6.45, 7) is 43.1. The third-order valence-electron chi connectivity index (χ3n) is 12.8. The second-order valence-electron chi connectivity index (χ2n) is 17.2. The van der Waals surface area contributed by atoms with Crippen LogP contribution < -0.4 is 39.0 Å². The van der Waals surface area contributed by atoms with Gasteiger partial charge >= 0.3 is 154 Å². The predicted octanol–water partition coefficient (Wildman–Crippen LogP) is 8.71. The van der Waals surface area contributed by atoms with Crippen molar-refractivity contribution in [2.75, 3.05) is 51.2 Å². The zero-order valence-corrected chi connectivity index (χ0v) is 63.5. The molecule has 0 saturated heterocycles. The van der Waals surface area contributed by atoms with Crippen LogP contribution in [0.15, 0.2) is 72.8 Å². The molecule has 0 heterocycles. The second kappa shape index (κ2) is 41.7. The zero-order valence-electron chi connectivity index (χ0n) is 44.2. The number of halogens is 1. The van der Waals surface area contributed by atoms with E-state index < -0.39 is 0 Å². The summed E-state index contributed by atoms with van der Waals surface area (Å²) in [5, 5.41) is 10.1. The van der Waals surface area contributed by atoms with Crippen molar-refractivity contribution in [3.8, 4) is 17.2 Å². The van der Waals surface area contributed by atoms with Gasteiger partial charge in [-0.3, -0.25) is 14.4 Å². The minimum absolute atomic E-state index is 0. The number of benzene rings is 3. The number of carbonyl (C=O) groups excluding carboxylic acids is 3. The molecule has 1 N–H and O–H groups in total. The molecule has 3 aliphatic carbocycles. The van der Waals surface area contributed by atoms with Crippen molar-refractivity contribution in [2.45, 2.75) is 114 Å². The summed E-state index contributed by atoms with van der Waals surface area (Å²) >= 11 is 3.33. The maximum absolute atomic E-state index is 11.7. The Bertz CT molecular complexity index is 1820. The van der Waals surface area contributed by atoms with Crippen LogP contribution in [0.4, 0.5) is 0 Å². The van der Waals surface area contributed by atoms with E-state index in [9.17, 15) is 14.4 Å². The summed E-state index contributed by atoms with van der Waals surface area (Å²) < 4.78 is 11.5. The van der Waals surface area contributed by atoms with Crippen molar-refractivity contribution in [3.63, 3.8) is 0 Å². The van der Waals surface area contributed by atoms with Crippen molar-refractivity contribution in [1.82, 2.24) is 9.80 Å². The van der Waals surface area contributed by atoms with Gasteiger partial charge in [0.05, 0.1) is 16.2 Å². The van der Waals surface area contributed by atoms with Crippen molar-refractivity contribution in [2.24, 2.45) is 5.92 Å². The predicted molar refractivity (Wildman–Crippen MR) is 274 cm³/mol. The van der Waals surface area contributed by atoms with Crippen LogP contribution in [0.5, 0.6) is 17.2 Å². The van der Waals surface area contributed by atoms with Gasteiger partial charge in [0.25, 0.3) is 0 Å². The molecule has 0 radical (unpaired) electrons. The molecule has 0 aliphatic heterocycles. The first-order valence-electron chi connectivity index (χ1n) is 23.2. The van der Waals surface area contributed by atoms with Crippen LogP contribution in [-0.4, -0.2) is 89.6 Å². The van der Waals surface area contributed by atoms with Crippen molar-refractivity contribution >= 4 is 33.3 Å². The Morgan fingerprint density at radius 1 is 0.571 bits per heavy atom. The monoisotopic (exact) mass is 1930 g/mol. The summed E-state index contributed by atoms with van der Waals surface area (Å²) in [6.07, 6.45) is 9.33. The molecule has 3 fully saturated rings. The first-order valence-corrected chi connectivity index (χ1v) is 24.4. The van der Waals surface area contributed by atoms with E-state index in [0.717, 1.165) is 124 Å². The molecule has 3 aromatic rings. The third-order valence-corrected chi connectivity index (χ3v) is 13.1. The van der Waals surface area contributed by atoms with Gasteiger partial charge in [0.1, 0.15) is 41.2 Å². The van der Waals surface area contributed by atoms with Gasteiger partial charge in [0.15, 0.2) is 0 Å². The molecule has 14 heteroatoms. The minimum Gasteiger partial charge on any atom is -1.00 e. The first-order chi connectivity index (χ1) is 31.0. The number of aromatic hydroxyl groups is 1. The Morgan fingerprint density at radius 2 is 0.886 bits per heavy atom. The van der Waals surface area contributed by atoms with Crippen LogP contribution in [0.2, 0.25) is 0 Å². The van der Waals surface area contributed by atoms with E-state index in [4.69, 9.17) is 14.6 Å². The number of ketones is 3. The fourth-order valence-corrected chi connectivity index (χ4v) is 7.59. The summed E-state index contributed by atoms with van der Waals surface area (Å²) in [7, 11) is 0. The quantitative estimate of drug-likeness (QED) is 0.0607. The van der Waals surface area contributed by atoms with Crippen molar-refractivity contribution in [3.05, 3.63) is 145 Å². The Labute approximate surface area is 553 Å². The molecule has 0 unspecified atom stereocenters. The van der Waals surface area contributed by atoms with E-state index in [-0.39, 0.29) is 201 Å². The van der Waals surface area contributed by atoms with Crippen LogP contribution in [0, 0.1) is 186 Å². The first kappa shape index (κ1) is 78.2. The van der Waals surface area contributed by atoms with Crippen LogP contribution >= 0.6 is 15.9 Å². The van der Waals surface area contributed by atoms with E-state index in [1.807, 2.05) is 60.7 Å². The van der Waals surface area contributed by atoms with Gasteiger partial charge in [0, 0.05) is 24.5 Å². The fraction of sp³-hybridized carbons (Fsp3) is 0.482. The molecule has 3 aliphatic rings. The van der Waals surface area contributed by atoms with Crippen molar-refractivity contribution in [1.29, 1.82) is 0 Å². The van der Waals surface area contributed by atoms with Gasteiger partial charge < -0.3 is 81.2 Å². The Hall–Kier alpha value is 1.68. The van der Waals surface area contributed by atoms with Gasteiger partial charge in [-0.05, 0) is 112 Å². The van der Waals surface area contributed by atoms with Crippen LogP contribution in [0.3, 0.4) is 0 Å². The van der Waals surface area contributed by atoms with Crippen LogP contribution in [-0.2, 0) is 30.6 Å². The smallest absolute Gasteiger partial charge is 1.00 e. The number of alkyl halides is 1. The van der Waals surface area contributed by atoms with Crippen LogP contribution in [0.1, 0.15) is 110 Å². The molecule has 3 saturated carbocycles. The second-order valence-corrected chi connectivity index (χ2v) is 18.0. The number of carbonyl (C=O) groups is 3. The molecule has 3 aromatic carbocycles. The number of Topliss-reactive ketones (excluding diaryl/α,β-unsaturated/α-hetero) is 3. The molecule has 0 aromatic heterocycles. The summed E-state index contributed by atoms with van der Waals surface area (Å²) in [4.78, 5) is 38.9. The molecule has 0 spiro atoms. The average Bonchev–Trinajstić information content (AvgIpc) is 4.19. The molecule has 0 bridgehead atoms. The largest absolute Gasteiger partial charge is 2.00 e. The van der Waals surface area contributed by atoms with E-state index in [2.05, 4.69) is 88.0 Å². The molecule has 8 nitrogen and oxygen atoms in total. The normalized spacial score (nSPS) is 14.4. The molecular formula is C56H80BrN2NaO6U4. The number of ether oxygens (including phenoxy) is 2. The SMILES string of the molecule is CC(=O)C1(c2ccc(O)cc2)CC1.[CH2-]CC(C)C[CH2-].[CH2-]CC(C[CH2-])Oc1ccc(C2(C(C)=O)CC2)cc1.[CH2-]CN(C[CH2-])CCBr.[CH2-]CN(C[CH2-])CCOc1ccc(C2(C(C)=O)CC2)cc1.[H-].[Na+].[U+2].[U+2].[U+2].[U+2]. The maximum atomic E-state index is 11.7. The average molecular weight is 1930 g/mol. The Kier molecular flexibility index (Phi) is 46.6. The molecule has 0 amide bonds. The Morgan fingerprint density at radius 3 is 1.13 bits per heavy atom. The summed E-state index contributed by atoms with van der Waals surface area (Å²) in [5.74, 6) is 3.42. The fourth-order valence-electron chi connectivity index (χ4n) is 7.09. The minimum atomic E-state index is -0.215. The number of phenolic OH excluding ortho intramolecular Hbond substituents is 1. The number of phenols is 1. The molecule has 374 valence electrons. The Balaban J connectivity index is -0.000000264.